The lowest BCUT2D eigenvalue weighted by Crippen LogP contribution is -2.24. The average molecular weight is 178 g/mol. The van der Waals surface area contributed by atoms with Crippen LogP contribution in [0.3, 0.4) is 0 Å². The van der Waals surface area contributed by atoms with Gasteiger partial charge in [0.25, 0.3) is 10.1 Å². The molecule has 4 heteroatoms. The Morgan fingerprint density at radius 2 is 1.73 bits per heavy atom. The second-order valence-corrected chi connectivity index (χ2v) is 4.91. The predicted molar refractivity (Wildman–Crippen MR) is 42.8 cm³/mol. The van der Waals surface area contributed by atoms with Gasteiger partial charge >= 0.3 is 0 Å². The Kier molecular flexibility index (Phi) is 2.90. The van der Waals surface area contributed by atoms with Gasteiger partial charge in [-0.05, 0) is 12.8 Å². The Hall–Kier alpha value is -0.0900. The molecule has 1 fully saturated rings. The lowest BCUT2D eigenvalue weighted by atomic mass is 10.0. The molecular formula is C7H14O3S. The maximum absolute atomic E-state index is 11.1. The van der Waals surface area contributed by atoms with Crippen molar-refractivity contribution in [2.24, 2.45) is 0 Å². The van der Waals surface area contributed by atoms with Crippen LogP contribution < -0.4 is 0 Å². The fourth-order valence-electron chi connectivity index (χ4n) is 1.49. The van der Waals surface area contributed by atoms with E-state index in [0.29, 0.717) is 0 Å². The van der Waals surface area contributed by atoms with Crippen LogP contribution in [-0.4, -0.2) is 20.8 Å². The van der Waals surface area contributed by atoms with Crippen molar-refractivity contribution in [1.29, 1.82) is 0 Å². The number of rotatable bonds is 2. The Morgan fingerprint density at radius 3 is 2.18 bits per heavy atom. The molecule has 0 amide bonds. The van der Waals surface area contributed by atoms with Gasteiger partial charge in [0.05, 0.1) is 12.4 Å². The molecule has 0 radical (unpaired) electrons. The van der Waals surface area contributed by atoms with Crippen molar-refractivity contribution in [2.75, 3.05) is 7.11 Å². The summed E-state index contributed by atoms with van der Waals surface area (Å²) in [5.74, 6) is 0. The number of hydrogen-bond donors (Lipinski definition) is 0. The quantitative estimate of drug-likeness (QED) is 0.598. The smallest absolute Gasteiger partial charge is 0.269 e. The normalized spacial score (nSPS) is 21.9. The van der Waals surface area contributed by atoms with Crippen LogP contribution in [0.5, 0.6) is 0 Å². The summed E-state index contributed by atoms with van der Waals surface area (Å²) in [4.78, 5) is 0. The van der Waals surface area contributed by atoms with E-state index in [2.05, 4.69) is 4.18 Å². The van der Waals surface area contributed by atoms with Gasteiger partial charge in [-0.25, -0.2) is 0 Å². The van der Waals surface area contributed by atoms with Gasteiger partial charge in [0, 0.05) is 0 Å². The number of hydrogen-bond acceptors (Lipinski definition) is 3. The van der Waals surface area contributed by atoms with Gasteiger partial charge in [-0.1, -0.05) is 19.3 Å². The first-order chi connectivity index (χ1) is 5.17. The Balaban J connectivity index is 2.58. The van der Waals surface area contributed by atoms with Gasteiger partial charge in [0.2, 0.25) is 0 Å². The van der Waals surface area contributed by atoms with E-state index in [0.717, 1.165) is 32.1 Å². The lowest BCUT2D eigenvalue weighted by Gasteiger charge is -2.19. The van der Waals surface area contributed by atoms with E-state index in [1.807, 2.05) is 0 Å². The minimum Gasteiger partial charge on any atom is -0.273 e. The van der Waals surface area contributed by atoms with E-state index in [-0.39, 0.29) is 5.25 Å². The molecule has 0 bridgehead atoms. The monoisotopic (exact) mass is 178 g/mol. The van der Waals surface area contributed by atoms with Crippen molar-refractivity contribution in [2.45, 2.75) is 37.4 Å². The highest BCUT2D eigenvalue weighted by Crippen LogP contribution is 2.23. The first-order valence-electron chi connectivity index (χ1n) is 3.96. The third-order valence-electron chi connectivity index (χ3n) is 2.19. The third-order valence-corrected chi connectivity index (χ3v) is 3.95. The summed E-state index contributed by atoms with van der Waals surface area (Å²) in [5, 5.41) is -0.235. The van der Waals surface area contributed by atoms with Crippen molar-refractivity contribution < 1.29 is 12.6 Å². The van der Waals surface area contributed by atoms with E-state index >= 15 is 0 Å². The summed E-state index contributed by atoms with van der Waals surface area (Å²) in [6.07, 6.45) is 4.75. The van der Waals surface area contributed by atoms with Crippen LogP contribution >= 0.6 is 0 Å². The van der Waals surface area contributed by atoms with E-state index in [1.54, 1.807) is 0 Å². The summed E-state index contributed by atoms with van der Waals surface area (Å²) in [6.45, 7) is 0. The summed E-state index contributed by atoms with van der Waals surface area (Å²) in [5.41, 5.74) is 0. The highest BCUT2D eigenvalue weighted by molar-refractivity contribution is 7.87. The molecule has 0 saturated heterocycles. The molecule has 1 aliphatic rings. The summed E-state index contributed by atoms with van der Waals surface area (Å²) < 4.78 is 26.7. The van der Waals surface area contributed by atoms with E-state index in [1.165, 1.54) is 7.11 Å². The molecule has 0 atom stereocenters. The molecule has 0 unspecified atom stereocenters. The van der Waals surface area contributed by atoms with Crippen LogP contribution in [0.15, 0.2) is 0 Å². The molecule has 0 aromatic carbocycles. The van der Waals surface area contributed by atoms with Gasteiger partial charge < -0.3 is 0 Å². The highest BCUT2D eigenvalue weighted by atomic mass is 32.2. The molecule has 11 heavy (non-hydrogen) atoms. The minimum atomic E-state index is -3.22. The van der Waals surface area contributed by atoms with E-state index in [4.69, 9.17) is 0 Å². The molecule has 0 aromatic rings. The van der Waals surface area contributed by atoms with Crippen LogP contribution in [0, 0.1) is 0 Å². The fraction of sp³-hybridized carbons (Fsp3) is 1.00. The maximum atomic E-state index is 11.1. The Bertz CT molecular complexity index is 202. The molecule has 0 aromatic heterocycles. The third kappa shape index (κ3) is 2.17. The Labute approximate surface area is 67.9 Å². The van der Waals surface area contributed by atoms with Crippen molar-refractivity contribution in [3.05, 3.63) is 0 Å². The van der Waals surface area contributed by atoms with Crippen molar-refractivity contribution in [3.63, 3.8) is 0 Å². The summed E-state index contributed by atoms with van der Waals surface area (Å²) >= 11 is 0. The van der Waals surface area contributed by atoms with Crippen LogP contribution in [0.2, 0.25) is 0 Å². The molecule has 3 nitrogen and oxygen atoms in total. The summed E-state index contributed by atoms with van der Waals surface area (Å²) in [6, 6.07) is 0. The first-order valence-corrected chi connectivity index (χ1v) is 5.43. The van der Waals surface area contributed by atoms with Crippen molar-refractivity contribution in [3.8, 4) is 0 Å². The minimum absolute atomic E-state index is 0.235. The lowest BCUT2D eigenvalue weighted by molar-refractivity contribution is 0.369. The molecule has 1 aliphatic carbocycles. The zero-order valence-corrected chi connectivity index (χ0v) is 7.56. The van der Waals surface area contributed by atoms with Gasteiger partial charge in [-0.3, -0.25) is 4.18 Å². The van der Waals surface area contributed by atoms with Crippen LogP contribution in [0.1, 0.15) is 32.1 Å². The second kappa shape index (κ2) is 3.54. The van der Waals surface area contributed by atoms with Gasteiger partial charge in [0.1, 0.15) is 0 Å². The molecule has 1 rings (SSSR count). The zero-order chi connectivity index (χ0) is 8.32. The molecule has 0 N–H and O–H groups in total. The zero-order valence-electron chi connectivity index (χ0n) is 6.75. The Morgan fingerprint density at radius 1 is 1.18 bits per heavy atom. The molecule has 1 saturated carbocycles. The van der Waals surface area contributed by atoms with Crippen LogP contribution in [0.25, 0.3) is 0 Å². The van der Waals surface area contributed by atoms with Gasteiger partial charge in [-0.2, -0.15) is 8.42 Å². The molecular weight excluding hydrogens is 164 g/mol. The fourth-order valence-corrected chi connectivity index (χ4v) is 2.67. The van der Waals surface area contributed by atoms with E-state index in [9.17, 15) is 8.42 Å². The van der Waals surface area contributed by atoms with Crippen LogP contribution in [-0.2, 0) is 14.3 Å². The molecule has 66 valence electrons. The SMILES string of the molecule is COS(=O)(=O)C1CCCCC1. The standard InChI is InChI=1S/C7H14O3S/c1-10-11(8,9)7-5-3-2-4-6-7/h7H,2-6H2,1H3. The van der Waals surface area contributed by atoms with Gasteiger partial charge in [0.15, 0.2) is 0 Å². The topological polar surface area (TPSA) is 43.4 Å². The maximum Gasteiger partial charge on any atom is 0.269 e. The summed E-state index contributed by atoms with van der Waals surface area (Å²) in [7, 11) is -1.98. The first kappa shape index (κ1) is 9.00. The van der Waals surface area contributed by atoms with E-state index < -0.39 is 10.1 Å². The van der Waals surface area contributed by atoms with Gasteiger partial charge in [-0.15, -0.1) is 0 Å². The highest BCUT2D eigenvalue weighted by Gasteiger charge is 2.26. The second-order valence-electron chi connectivity index (χ2n) is 2.92. The molecule has 0 spiro atoms. The molecule has 0 heterocycles. The average Bonchev–Trinajstić information content (AvgIpc) is 2.06. The predicted octanol–water partition coefficient (Wildman–Crippen LogP) is 1.30. The van der Waals surface area contributed by atoms with Crippen molar-refractivity contribution >= 4 is 10.1 Å². The van der Waals surface area contributed by atoms with Crippen LogP contribution in [0.4, 0.5) is 0 Å². The van der Waals surface area contributed by atoms with Crippen molar-refractivity contribution in [1.82, 2.24) is 0 Å². The largest absolute Gasteiger partial charge is 0.273 e. The molecule has 0 aliphatic heterocycles.